The average Bonchev–Trinajstić information content (AvgIpc) is 2.91. The Morgan fingerprint density at radius 3 is 2.23 bits per heavy atom. The summed E-state index contributed by atoms with van der Waals surface area (Å²) in [6, 6.07) is 16.9. The molecule has 0 fully saturated rings. The minimum Gasteiger partial charge on any atom is -0.352 e. The van der Waals surface area contributed by atoms with Gasteiger partial charge in [-0.1, -0.05) is 67.1 Å². The molecule has 0 aromatic heterocycles. The third-order valence-corrected chi connectivity index (χ3v) is 7.87. The van der Waals surface area contributed by atoms with Gasteiger partial charge in [-0.3, -0.25) is 13.9 Å². The number of benzene rings is 3. The minimum atomic E-state index is -4.05. The summed E-state index contributed by atoms with van der Waals surface area (Å²) in [4.78, 5) is 28.7. The van der Waals surface area contributed by atoms with Crippen LogP contribution in [0.1, 0.15) is 31.4 Å². The van der Waals surface area contributed by atoms with E-state index in [9.17, 15) is 26.8 Å². The van der Waals surface area contributed by atoms with Gasteiger partial charge in [0.05, 0.1) is 17.0 Å². The summed E-state index contributed by atoms with van der Waals surface area (Å²) in [5, 5.41) is 2.57. The molecule has 0 bridgehead atoms. The van der Waals surface area contributed by atoms with E-state index in [1.807, 2.05) is 19.9 Å². The predicted octanol–water partition coefficient (Wildman–Crippen LogP) is 4.94. The van der Waals surface area contributed by atoms with Gasteiger partial charge in [-0.25, -0.2) is 17.2 Å². The monoisotopic (exact) mass is 591 g/mol. The number of nitrogens with zero attached hydrogens (tertiary/aromatic N) is 2. The van der Waals surface area contributed by atoms with E-state index in [4.69, 9.17) is 11.6 Å². The molecule has 0 spiro atoms. The molecule has 0 radical (unpaired) electrons. The zero-order valence-electron chi connectivity index (χ0n) is 22.5. The highest BCUT2D eigenvalue weighted by atomic mass is 35.5. The lowest BCUT2D eigenvalue weighted by atomic mass is 10.0. The number of amides is 2. The molecule has 0 aliphatic heterocycles. The zero-order valence-corrected chi connectivity index (χ0v) is 24.1. The first-order chi connectivity index (χ1) is 18.9. The molecule has 214 valence electrons. The van der Waals surface area contributed by atoms with Crippen molar-refractivity contribution in [3.8, 4) is 0 Å². The van der Waals surface area contributed by atoms with Crippen molar-refractivity contribution in [2.24, 2.45) is 0 Å². The van der Waals surface area contributed by atoms with Gasteiger partial charge >= 0.3 is 0 Å². The van der Waals surface area contributed by atoms with Crippen molar-refractivity contribution in [3.05, 3.63) is 101 Å². The fourth-order valence-corrected chi connectivity index (χ4v) is 5.08. The molecule has 0 aliphatic carbocycles. The van der Waals surface area contributed by atoms with Crippen molar-refractivity contribution in [1.82, 2.24) is 10.2 Å². The third-order valence-electron chi connectivity index (χ3n) is 6.44. The molecule has 0 heterocycles. The molecule has 7 nitrogen and oxygen atoms in total. The van der Waals surface area contributed by atoms with Gasteiger partial charge in [0.1, 0.15) is 24.2 Å². The maximum atomic E-state index is 14.8. The van der Waals surface area contributed by atoms with Crippen LogP contribution in [-0.2, 0) is 32.6 Å². The lowest BCUT2D eigenvalue weighted by Gasteiger charge is -2.34. The fraction of sp³-hybridized carbons (Fsp3) is 0.310. The van der Waals surface area contributed by atoms with Crippen LogP contribution < -0.4 is 9.62 Å². The molecule has 0 aliphatic rings. The molecule has 1 N–H and O–H groups in total. The van der Waals surface area contributed by atoms with E-state index >= 15 is 0 Å². The number of sulfonamides is 1. The van der Waals surface area contributed by atoms with Gasteiger partial charge in [-0.05, 0) is 43.2 Å². The standard InChI is InChI=1S/C29H32ClF2N3O4S/c1-4-20(2)33-29(37)27(16-21-10-6-5-7-11-21)34(18-22-12-8-9-13-25(22)31)28(36)19-35(40(3,38)39)23-14-15-26(32)24(30)17-23/h5-15,17,20,27H,4,16,18-19H2,1-3H3,(H,33,37)/t20-,27-/m1/s1. The second-order valence-electron chi connectivity index (χ2n) is 9.50. The summed E-state index contributed by atoms with van der Waals surface area (Å²) in [6.07, 6.45) is 1.64. The summed E-state index contributed by atoms with van der Waals surface area (Å²) in [6.45, 7) is 2.71. The summed E-state index contributed by atoms with van der Waals surface area (Å²) in [5.41, 5.74) is 0.876. The van der Waals surface area contributed by atoms with Crippen molar-refractivity contribution in [3.63, 3.8) is 0 Å². The van der Waals surface area contributed by atoms with E-state index in [-0.39, 0.29) is 35.3 Å². The molecule has 0 saturated heterocycles. The number of carbonyl (C=O) groups is 2. The van der Waals surface area contributed by atoms with E-state index in [1.165, 1.54) is 29.2 Å². The van der Waals surface area contributed by atoms with E-state index in [0.717, 1.165) is 28.3 Å². The number of hydrogen-bond donors (Lipinski definition) is 1. The molecule has 11 heteroatoms. The van der Waals surface area contributed by atoms with Gasteiger partial charge in [-0.2, -0.15) is 0 Å². The maximum absolute atomic E-state index is 14.8. The van der Waals surface area contributed by atoms with Gasteiger partial charge in [-0.15, -0.1) is 0 Å². The smallest absolute Gasteiger partial charge is 0.244 e. The van der Waals surface area contributed by atoms with Crippen molar-refractivity contribution < 1.29 is 26.8 Å². The SMILES string of the molecule is CC[C@@H](C)NC(=O)[C@@H](Cc1ccccc1)N(Cc1ccccc1F)C(=O)CN(c1ccc(F)c(Cl)c1)S(C)(=O)=O. The van der Waals surface area contributed by atoms with Crippen molar-refractivity contribution in [2.45, 2.75) is 45.3 Å². The third kappa shape index (κ3) is 8.25. The zero-order chi connectivity index (χ0) is 29.4. The van der Waals surface area contributed by atoms with Crippen LogP contribution in [0.15, 0.2) is 72.8 Å². The van der Waals surface area contributed by atoms with Crippen LogP contribution in [0.2, 0.25) is 5.02 Å². The molecule has 40 heavy (non-hydrogen) atoms. The van der Waals surface area contributed by atoms with E-state index in [1.54, 1.807) is 30.3 Å². The Hall–Kier alpha value is -3.50. The lowest BCUT2D eigenvalue weighted by molar-refractivity contribution is -0.140. The van der Waals surface area contributed by atoms with Crippen LogP contribution >= 0.6 is 11.6 Å². The van der Waals surface area contributed by atoms with Crippen LogP contribution in [0.5, 0.6) is 0 Å². The average molecular weight is 592 g/mol. The highest BCUT2D eigenvalue weighted by molar-refractivity contribution is 7.92. The first kappa shape index (κ1) is 31.0. The molecular weight excluding hydrogens is 560 g/mol. The van der Waals surface area contributed by atoms with Crippen LogP contribution in [0, 0.1) is 11.6 Å². The Balaban J connectivity index is 2.08. The van der Waals surface area contributed by atoms with Crippen LogP contribution in [0.25, 0.3) is 0 Å². The number of rotatable bonds is 12. The Morgan fingerprint density at radius 1 is 0.975 bits per heavy atom. The van der Waals surface area contributed by atoms with Crippen molar-refractivity contribution in [1.29, 1.82) is 0 Å². The van der Waals surface area contributed by atoms with Crippen LogP contribution in [-0.4, -0.2) is 50.0 Å². The fourth-order valence-electron chi connectivity index (χ4n) is 4.06. The number of hydrogen-bond acceptors (Lipinski definition) is 4. The molecule has 2 amide bonds. The topological polar surface area (TPSA) is 86.8 Å². The molecule has 3 rings (SSSR count). The first-order valence-corrected chi connectivity index (χ1v) is 14.9. The molecule has 2 atom stereocenters. The van der Waals surface area contributed by atoms with E-state index in [0.29, 0.717) is 6.42 Å². The molecule has 3 aromatic rings. The van der Waals surface area contributed by atoms with E-state index < -0.39 is 46.1 Å². The molecule has 0 unspecified atom stereocenters. The summed E-state index contributed by atoms with van der Waals surface area (Å²) >= 11 is 5.89. The number of nitrogens with one attached hydrogen (secondary N) is 1. The van der Waals surface area contributed by atoms with Gasteiger partial charge in [0, 0.05) is 24.6 Å². The maximum Gasteiger partial charge on any atom is 0.244 e. The van der Waals surface area contributed by atoms with Crippen molar-refractivity contribution >= 4 is 39.1 Å². The summed E-state index contributed by atoms with van der Waals surface area (Å²) < 4.78 is 54.9. The summed E-state index contributed by atoms with van der Waals surface area (Å²) in [5.74, 6) is -2.55. The van der Waals surface area contributed by atoms with Crippen LogP contribution in [0.3, 0.4) is 0 Å². The van der Waals surface area contributed by atoms with Gasteiger partial charge in [0.15, 0.2) is 0 Å². The van der Waals surface area contributed by atoms with Crippen LogP contribution in [0.4, 0.5) is 14.5 Å². The number of carbonyl (C=O) groups excluding carboxylic acids is 2. The minimum absolute atomic E-state index is 0.0308. The molecule has 0 saturated carbocycles. The number of anilines is 1. The second-order valence-corrected chi connectivity index (χ2v) is 11.8. The van der Waals surface area contributed by atoms with Gasteiger partial charge < -0.3 is 10.2 Å². The Bertz CT molecular complexity index is 1440. The Kier molecular flexibility index (Phi) is 10.6. The predicted molar refractivity (Wildman–Crippen MR) is 152 cm³/mol. The number of halogens is 3. The highest BCUT2D eigenvalue weighted by Gasteiger charge is 2.34. The largest absolute Gasteiger partial charge is 0.352 e. The Morgan fingerprint density at radius 2 is 1.62 bits per heavy atom. The quantitative estimate of drug-likeness (QED) is 0.323. The lowest BCUT2D eigenvalue weighted by Crippen LogP contribution is -2.54. The second kappa shape index (κ2) is 13.7. The molecule has 3 aromatic carbocycles. The first-order valence-electron chi connectivity index (χ1n) is 12.7. The normalized spacial score (nSPS) is 12.8. The van der Waals surface area contributed by atoms with Gasteiger partial charge in [0.2, 0.25) is 21.8 Å². The highest BCUT2D eigenvalue weighted by Crippen LogP contribution is 2.25. The molecular formula is C29H32ClF2N3O4S. The Labute approximate surface area is 238 Å². The summed E-state index contributed by atoms with van der Waals surface area (Å²) in [7, 11) is -4.05. The van der Waals surface area contributed by atoms with Crippen molar-refractivity contribution in [2.75, 3.05) is 17.1 Å². The van der Waals surface area contributed by atoms with Gasteiger partial charge in [0.25, 0.3) is 0 Å². The van der Waals surface area contributed by atoms with E-state index in [2.05, 4.69) is 5.32 Å².